The van der Waals surface area contributed by atoms with Gasteiger partial charge in [-0.15, -0.1) is 0 Å². The van der Waals surface area contributed by atoms with Crippen molar-refractivity contribution in [3.63, 3.8) is 0 Å². The van der Waals surface area contributed by atoms with Crippen molar-refractivity contribution >= 4 is 16.9 Å². The van der Waals surface area contributed by atoms with Gasteiger partial charge in [-0.2, -0.15) is 5.10 Å². The van der Waals surface area contributed by atoms with Gasteiger partial charge < -0.3 is 15.8 Å². The van der Waals surface area contributed by atoms with E-state index >= 15 is 4.39 Å². The van der Waals surface area contributed by atoms with E-state index in [1.807, 2.05) is 35.0 Å². The van der Waals surface area contributed by atoms with Crippen LogP contribution in [0.3, 0.4) is 0 Å². The molecule has 2 aromatic heterocycles. The molecule has 192 valence electrons. The van der Waals surface area contributed by atoms with Crippen LogP contribution in [0.2, 0.25) is 0 Å². The number of hydrogen-bond donors (Lipinski definition) is 2. The van der Waals surface area contributed by atoms with Crippen molar-refractivity contribution in [1.82, 2.24) is 30.0 Å². The van der Waals surface area contributed by atoms with Crippen LogP contribution in [0.25, 0.3) is 22.3 Å². The zero-order valence-corrected chi connectivity index (χ0v) is 21.0. The Morgan fingerprint density at radius 3 is 2.54 bits per heavy atom. The minimum atomic E-state index is -0.431. The fraction of sp³-hybridized carbons (Fsp3) is 0.393. The minimum Gasteiger partial charge on any atom is -0.457 e. The molecular formula is C28H32FN7O. The van der Waals surface area contributed by atoms with Gasteiger partial charge in [-0.3, -0.25) is 4.90 Å². The van der Waals surface area contributed by atoms with Crippen molar-refractivity contribution in [2.45, 2.75) is 50.7 Å². The zero-order chi connectivity index (χ0) is 25.4. The molecule has 2 fully saturated rings. The number of nitrogens with one attached hydrogen (secondary N) is 1. The Bertz CT molecular complexity index is 1380. The summed E-state index contributed by atoms with van der Waals surface area (Å²) in [5.74, 6) is 0.937. The van der Waals surface area contributed by atoms with Crippen LogP contribution in [-0.2, 0) is 0 Å². The summed E-state index contributed by atoms with van der Waals surface area (Å²) in [5, 5.41) is 9.02. The predicted octanol–water partition coefficient (Wildman–Crippen LogP) is 4.78. The SMILES string of the molecule is C[C@@H]1CN([C@H]2CC[C@@H](n3nc(-c4ccc(Oc5ccccc5)cc4F)c4c(N)ncnc43)CC2)CCN1. The number of nitrogens with two attached hydrogens (primary N) is 1. The molecule has 0 amide bonds. The lowest BCUT2D eigenvalue weighted by molar-refractivity contribution is 0.105. The van der Waals surface area contributed by atoms with E-state index in [2.05, 4.69) is 27.1 Å². The second-order valence-electron chi connectivity index (χ2n) is 10.1. The number of benzene rings is 2. The highest BCUT2D eigenvalue weighted by molar-refractivity contribution is 5.98. The molecule has 8 nitrogen and oxygen atoms in total. The van der Waals surface area contributed by atoms with Crippen LogP contribution in [0.1, 0.15) is 38.6 Å². The zero-order valence-electron chi connectivity index (χ0n) is 21.0. The molecule has 1 aliphatic heterocycles. The molecule has 37 heavy (non-hydrogen) atoms. The van der Waals surface area contributed by atoms with Gasteiger partial charge >= 0.3 is 0 Å². The fourth-order valence-electron chi connectivity index (χ4n) is 5.78. The number of hydrogen-bond acceptors (Lipinski definition) is 7. The van der Waals surface area contributed by atoms with Gasteiger partial charge in [-0.1, -0.05) is 18.2 Å². The van der Waals surface area contributed by atoms with Gasteiger partial charge in [0.25, 0.3) is 0 Å². The van der Waals surface area contributed by atoms with Crippen molar-refractivity contribution in [3.8, 4) is 22.8 Å². The number of piperazine rings is 1. The monoisotopic (exact) mass is 501 g/mol. The van der Waals surface area contributed by atoms with Crippen molar-refractivity contribution in [1.29, 1.82) is 0 Å². The molecule has 0 spiro atoms. The maximum absolute atomic E-state index is 15.4. The van der Waals surface area contributed by atoms with Gasteiger partial charge in [-0.25, -0.2) is 19.0 Å². The van der Waals surface area contributed by atoms with Crippen LogP contribution in [0, 0.1) is 5.82 Å². The standard InChI is InChI=1S/C28H32FN7O/c1-18-16-35(14-13-31-18)19-7-9-20(10-8-19)36-28-25(27(30)32-17-33-28)26(34-36)23-12-11-22(15-24(23)29)37-21-5-3-2-4-6-21/h2-6,11-12,15,17-20,31H,7-10,13-14,16H2,1H3,(H2,30,32,33)/t18-,19-,20+/m1/s1. The first-order chi connectivity index (χ1) is 18.1. The van der Waals surface area contributed by atoms with Crippen molar-refractivity contribution < 1.29 is 9.13 Å². The molecule has 3 heterocycles. The molecule has 1 saturated carbocycles. The number of nitrogens with zero attached hydrogens (tertiary/aromatic N) is 5. The lowest BCUT2D eigenvalue weighted by atomic mass is 9.89. The maximum Gasteiger partial charge on any atom is 0.164 e. The normalized spacial score (nSPS) is 22.8. The van der Waals surface area contributed by atoms with E-state index in [0.29, 0.717) is 51.7 Å². The molecule has 4 aromatic rings. The van der Waals surface area contributed by atoms with Crippen LogP contribution in [-0.4, -0.2) is 56.4 Å². The fourth-order valence-corrected chi connectivity index (χ4v) is 5.78. The predicted molar refractivity (Wildman–Crippen MR) is 142 cm³/mol. The number of aromatic nitrogens is 4. The Kier molecular flexibility index (Phi) is 6.48. The summed E-state index contributed by atoms with van der Waals surface area (Å²) < 4.78 is 23.2. The summed E-state index contributed by atoms with van der Waals surface area (Å²) in [6.07, 6.45) is 5.66. The molecule has 1 atom stereocenters. The molecule has 0 radical (unpaired) electrons. The highest BCUT2D eigenvalue weighted by Crippen LogP contribution is 2.38. The first-order valence-electron chi connectivity index (χ1n) is 13.1. The Morgan fingerprint density at radius 2 is 1.78 bits per heavy atom. The molecule has 1 saturated heterocycles. The van der Waals surface area contributed by atoms with Crippen molar-refractivity contribution in [2.24, 2.45) is 0 Å². The average Bonchev–Trinajstić information content (AvgIpc) is 3.30. The third kappa shape index (κ3) is 4.76. The Morgan fingerprint density at radius 1 is 1.00 bits per heavy atom. The van der Waals surface area contributed by atoms with Gasteiger partial charge in [0.05, 0.1) is 11.4 Å². The summed E-state index contributed by atoms with van der Waals surface area (Å²) in [5.41, 5.74) is 7.77. The Labute approximate surface area is 215 Å². The third-order valence-corrected chi connectivity index (χ3v) is 7.62. The molecule has 3 N–H and O–H groups in total. The topological polar surface area (TPSA) is 94.1 Å². The summed E-state index contributed by atoms with van der Waals surface area (Å²) >= 11 is 0. The van der Waals surface area contributed by atoms with Crippen molar-refractivity contribution in [3.05, 3.63) is 60.7 Å². The quantitative estimate of drug-likeness (QED) is 0.406. The second-order valence-corrected chi connectivity index (χ2v) is 10.1. The molecule has 0 bridgehead atoms. The van der Waals surface area contributed by atoms with Gasteiger partial charge in [-0.05, 0) is 56.9 Å². The molecule has 0 unspecified atom stereocenters. The number of fused-ring (bicyclic) bond motifs is 1. The smallest absolute Gasteiger partial charge is 0.164 e. The molecule has 2 aromatic carbocycles. The number of anilines is 1. The first kappa shape index (κ1) is 23.8. The largest absolute Gasteiger partial charge is 0.457 e. The highest BCUT2D eigenvalue weighted by atomic mass is 19.1. The lowest BCUT2D eigenvalue weighted by Crippen LogP contribution is -2.53. The molecule has 1 aliphatic carbocycles. The van der Waals surface area contributed by atoms with E-state index in [4.69, 9.17) is 15.6 Å². The Hall–Kier alpha value is -3.56. The number of para-hydroxylation sites is 1. The van der Waals surface area contributed by atoms with Crippen LogP contribution in [0.4, 0.5) is 10.2 Å². The molecule has 9 heteroatoms. The minimum absolute atomic E-state index is 0.186. The molecule has 2 aliphatic rings. The lowest BCUT2D eigenvalue weighted by Gasteiger charge is -2.41. The molecule has 6 rings (SSSR count). The summed E-state index contributed by atoms with van der Waals surface area (Å²) in [6, 6.07) is 15.4. The Balaban J connectivity index is 1.28. The molecular weight excluding hydrogens is 469 g/mol. The first-order valence-corrected chi connectivity index (χ1v) is 13.1. The summed E-state index contributed by atoms with van der Waals surface area (Å²) in [7, 11) is 0. The van der Waals surface area contributed by atoms with Gasteiger partial charge in [0.15, 0.2) is 5.65 Å². The number of rotatable bonds is 5. The van der Waals surface area contributed by atoms with E-state index in [1.165, 1.54) is 12.4 Å². The third-order valence-electron chi connectivity index (χ3n) is 7.62. The van der Waals surface area contributed by atoms with E-state index in [9.17, 15) is 0 Å². The van der Waals surface area contributed by atoms with Gasteiger partial charge in [0.1, 0.15) is 35.2 Å². The summed E-state index contributed by atoms with van der Waals surface area (Å²) in [4.78, 5) is 11.3. The van der Waals surface area contributed by atoms with E-state index in [1.54, 1.807) is 12.1 Å². The van der Waals surface area contributed by atoms with E-state index in [0.717, 1.165) is 45.3 Å². The van der Waals surface area contributed by atoms with E-state index < -0.39 is 5.82 Å². The maximum atomic E-state index is 15.4. The average molecular weight is 502 g/mol. The highest BCUT2D eigenvalue weighted by Gasteiger charge is 2.31. The number of ether oxygens (including phenoxy) is 1. The van der Waals surface area contributed by atoms with Gasteiger partial charge in [0, 0.05) is 43.3 Å². The van der Waals surface area contributed by atoms with Crippen LogP contribution in [0.5, 0.6) is 11.5 Å². The van der Waals surface area contributed by atoms with Crippen LogP contribution < -0.4 is 15.8 Å². The van der Waals surface area contributed by atoms with Crippen LogP contribution in [0.15, 0.2) is 54.9 Å². The van der Waals surface area contributed by atoms with Crippen molar-refractivity contribution in [2.75, 3.05) is 25.4 Å². The van der Waals surface area contributed by atoms with E-state index in [-0.39, 0.29) is 6.04 Å². The van der Waals surface area contributed by atoms with Crippen LogP contribution >= 0.6 is 0 Å². The second kappa shape index (κ2) is 10.1. The van der Waals surface area contributed by atoms with Gasteiger partial charge in [0.2, 0.25) is 0 Å². The number of nitrogen functional groups attached to an aromatic ring is 1. The number of halogens is 1. The summed E-state index contributed by atoms with van der Waals surface area (Å²) in [6.45, 7) is 5.49.